The van der Waals surface area contributed by atoms with Crippen molar-refractivity contribution in [3.63, 3.8) is 0 Å². The first-order valence-electron chi connectivity index (χ1n) is 8.73. The van der Waals surface area contributed by atoms with E-state index in [1.165, 1.54) is 0 Å². The summed E-state index contributed by atoms with van der Waals surface area (Å²) in [7, 11) is 0. The van der Waals surface area contributed by atoms with Crippen LogP contribution in [0.1, 0.15) is 30.3 Å². The van der Waals surface area contributed by atoms with E-state index in [9.17, 15) is 0 Å². The fourth-order valence-electron chi connectivity index (χ4n) is 2.67. The van der Waals surface area contributed by atoms with Gasteiger partial charge in [0.1, 0.15) is 12.4 Å². The fourth-order valence-corrected chi connectivity index (χ4v) is 3.54. The van der Waals surface area contributed by atoms with E-state index < -0.39 is 0 Å². The molecule has 0 fully saturated rings. The van der Waals surface area contributed by atoms with Crippen LogP contribution in [0, 0.1) is 4.77 Å². The summed E-state index contributed by atoms with van der Waals surface area (Å²) in [6.45, 7) is 2.87. The van der Waals surface area contributed by atoms with Crippen LogP contribution in [0.25, 0.3) is 0 Å². The van der Waals surface area contributed by atoms with Gasteiger partial charge in [-0.3, -0.25) is 5.10 Å². The van der Waals surface area contributed by atoms with Crippen molar-refractivity contribution in [2.24, 2.45) is 0 Å². The predicted molar refractivity (Wildman–Crippen MR) is 117 cm³/mol. The Labute approximate surface area is 183 Å². The molecule has 3 aromatic rings. The van der Waals surface area contributed by atoms with Gasteiger partial charge in [0, 0.05) is 32.6 Å². The van der Waals surface area contributed by atoms with Crippen LogP contribution in [0.15, 0.2) is 36.4 Å². The van der Waals surface area contributed by atoms with Crippen LogP contribution in [0.4, 0.5) is 0 Å². The summed E-state index contributed by atoms with van der Waals surface area (Å²) in [5, 5.41) is 8.84. The number of H-pyrrole nitrogens is 1. The Kier molecular flexibility index (Phi) is 7.24. The normalized spacial score (nSPS) is 10.9. The minimum Gasteiger partial charge on any atom is -0.488 e. The van der Waals surface area contributed by atoms with Gasteiger partial charge in [0.05, 0.1) is 6.54 Å². The van der Waals surface area contributed by atoms with Crippen molar-refractivity contribution in [3.05, 3.63) is 73.2 Å². The summed E-state index contributed by atoms with van der Waals surface area (Å²) in [5.74, 6) is 1.56. The number of aryl methyl sites for hydroxylation is 1. The van der Waals surface area contributed by atoms with Crippen molar-refractivity contribution in [1.29, 1.82) is 0 Å². The van der Waals surface area contributed by atoms with Crippen LogP contribution in [-0.2, 0) is 19.6 Å². The number of halogens is 3. The minimum atomic E-state index is 0.316. The molecule has 0 aliphatic rings. The SMILES string of the molecule is CCCc1n[nH]c(=S)n1NCc1cc(Cl)ccc1OCc1ccc(Cl)cc1Cl. The zero-order valence-electron chi connectivity index (χ0n) is 15.1. The molecule has 0 saturated heterocycles. The molecule has 0 unspecified atom stereocenters. The highest BCUT2D eigenvalue weighted by Gasteiger charge is 2.10. The monoisotopic (exact) mass is 456 g/mol. The van der Waals surface area contributed by atoms with Crippen molar-refractivity contribution in [2.75, 3.05) is 5.43 Å². The maximum atomic E-state index is 6.23. The Morgan fingerprint density at radius 2 is 1.86 bits per heavy atom. The molecule has 0 atom stereocenters. The summed E-state index contributed by atoms with van der Waals surface area (Å²) in [6, 6.07) is 10.8. The first-order chi connectivity index (χ1) is 13.5. The average Bonchev–Trinajstić information content (AvgIpc) is 3.00. The molecule has 1 heterocycles. The molecule has 5 nitrogen and oxygen atoms in total. The minimum absolute atomic E-state index is 0.316. The van der Waals surface area contributed by atoms with E-state index in [-0.39, 0.29) is 0 Å². The standard InChI is InChI=1S/C19H19Cl3N4OS/c1-2-3-18-24-25-19(28)26(18)23-10-13-8-14(20)6-7-17(13)27-11-12-4-5-15(21)9-16(12)22/h4-9,23H,2-3,10-11H2,1H3,(H,25,28). The van der Waals surface area contributed by atoms with Gasteiger partial charge < -0.3 is 10.2 Å². The number of benzene rings is 2. The van der Waals surface area contributed by atoms with Crippen molar-refractivity contribution in [1.82, 2.24) is 14.9 Å². The van der Waals surface area contributed by atoms with E-state index in [4.69, 9.17) is 51.8 Å². The number of nitrogens with zero attached hydrogens (tertiary/aromatic N) is 2. The van der Waals surface area contributed by atoms with E-state index >= 15 is 0 Å². The number of rotatable bonds is 8. The molecule has 148 valence electrons. The maximum Gasteiger partial charge on any atom is 0.214 e. The van der Waals surface area contributed by atoms with E-state index in [1.54, 1.807) is 22.9 Å². The Morgan fingerprint density at radius 3 is 2.61 bits per heavy atom. The molecular formula is C19H19Cl3N4OS. The summed E-state index contributed by atoms with van der Waals surface area (Å²) in [6.07, 6.45) is 1.78. The molecule has 0 amide bonds. The molecule has 0 spiro atoms. The zero-order valence-corrected chi connectivity index (χ0v) is 18.2. The predicted octanol–water partition coefficient (Wildman–Crippen LogP) is 6.18. The molecule has 2 aromatic carbocycles. The number of hydrogen-bond acceptors (Lipinski definition) is 4. The first kappa shape index (κ1) is 21.0. The van der Waals surface area contributed by atoms with E-state index in [2.05, 4.69) is 22.5 Å². The summed E-state index contributed by atoms with van der Waals surface area (Å²) >= 11 is 23.7. The second-order valence-corrected chi connectivity index (χ2v) is 7.81. The molecule has 0 radical (unpaired) electrons. The summed E-state index contributed by atoms with van der Waals surface area (Å²) in [4.78, 5) is 0. The number of hydrogen-bond donors (Lipinski definition) is 2. The van der Waals surface area contributed by atoms with Gasteiger partial charge in [0.15, 0.2) is 5.82 Å². The van der Waals surface area contributed by atoms with Gasteiger partial charge in [-0.15, -0.1) is 0 Å². The van der Waals surface area contributed by atoms with Crippen molar-refractivity contribution in [2.45, 2.75) is 32.9 Å². The highest BCUT2D eigenvalue weighted by Crippen LogP contribution is 2.26. The second-order valence-electron chi connectivity index (χ2n) is 6.14. The Morgan fingerprint density at radius 1 is 1.11 bits per heavy atom. The van der Waals surface area contributed by atoms with Gasteiger partial charge in [0.25, 0.3) is 0 Å². The molecule has 0 saturated carbocycles. The molecule has 3 rings (SSSR count). The van der Waals surface area contributed by atoms with Crippen LogP contribution in [0.2, 0.25) is 15.1 Å². The van der Waals surface area contributed by atoms with Gasteiger partial charge in [-0.2, -0.15) is 5.10 Å². The Hall–Kier alpha value is -1.73. The number of nitrogens with one attached hydrogen (secondary N) is 2. The third-order valence-electron chi connectivity index (χ3n) is 4.06. The van der Waals surface area contributed by atoms with Crippen LogP contribution in [0.3, 0.4) is 0 Å². The number of aromatic amines is 1. The number of aromatic nitrogens is 3. The topological polar surface area (TPSA) is 54.9 Å². The largest absolute Gasteiger partial charge is 0.488 e. The quantitative estimate of drug-likeness (QED) is 0.397. The molecular weight excluding hydrogens is 439 g/mol. The lowest BCUT2D eigenvalue weighted by Crippen LogP contribution is -2.18. The van der Waals surface area contributed by atoms with Crippen molar-refractivity contribution in [3.8, 4) is 5.75 Å². The van der Waals surface area contributed by atoms with Gasteiger partial charge in [-0.05, 0) is 49.0 Å². The van der Waals surface area contributed by atoms with Crippen LogP contribution < -0.4 is 10.2 Å². The lowest BCUT2D eigenvalue weighted by atomic mass is 10.2. The molecule has 28 heavy (non-hydrogen) atoms. The van der Waals surface area contributed by atoms with Crippen LogP contribution in [-0.4, -0.2) is 14.9 Å². The third kappa shape index (κ3) is 5.20. The second kappa shape index (κ2) is 9.65. The number of ether oxygens (including phenoxy) is 1. The van der Waals surface area contributed by atoms with Gasteiger partial charge in [-0.1, -0.05) is 47.8 Å². The maximum absolute atomic E-state index is 6.23. The molecule has 2 N–H and O–H groups in total. The van der Waals surface area contributed by atoms with Crippen LogP contribution in [0.5, 0.6) is 5.75 Å². The smallest absolute Gasteiger partial charge is 0.214 e. The van der Waals surface area contributed by atoms with Crippen LogP contribution >= 0.6 is 47.0 Å². The molecule has 9 heteroatoms. The van der Waals surface area contributed by atoms with E-state index in [0.29, 0.717) is 38.7 Å². The highest BCUT2D eigenvalue weighted by molar-refractivity contribution is 7.71. The van der Waals surface area contributed by atoms with Crippen molar-refractivity contribution < 1.29 is 4.74 Å². The Balaban J connectivity index is 1.76. The van der Waals surface area contributed by atoms with Gasteiger partial charge >= 0.3 is 0 Å². The average molecular weight is 458 g/mol. The zero-order chi connectivity index (χ0) is 20.1. The van der Waals surface area contributed by atoms with Gasteiger partial charge in [0.2, 0.25) is 4.77 Å². The fraction of sp³-hybridized carbons (Fsp3) is 0.263. The molecule has 0 aliphatic carbocycles. The molecule has 1 aromatic heterocycles. The lowest BCUT2D eigenvalue weighted by molar-refractivity contribution is 0.303. The molecule has 0 aliphatic heterocycles. The Bertz CT molecular complexity index is 1020. The van der Waals surface area contributed by atoms with Crippen molar-refractivity contribution >= 4 is 47.0 Å². The third-order valence-corrected chi connectivity index (χ3v) is 5.16. The molecule has 0 bridgehead atoms. The highest BCUT2D eigenvalue weighted by atomic mass is 35.5. The summed E-state index contributed by atoms with van der Waals surface area (Å²) in [5.41, 5.74) is 5.02. The van der Waals surface area contributed by atoms with E-state index in [1.807, 2.05) is 18.2 Å². The summed E-state index contributed by atoms with van der Waals surface area (Å²) < 4.78 is 8.28. The first-order valence-corrected chi connectivity index (χ1v) is 10.3. The lowest BCUT2D eigenvalue weighted by Gasteiger charge is -2.15. The van der Waals surface area contributed by atoms with E-state index in [0.717, 1.165) is 29.8 Å². The van der Waals surface area contributed by atoms with Gasteiger partial charge in [-0.25, -0.2) is 4.68 Å².